The molecule has 0 aromatic heterocycles. The van der Waals surface area contributed by atoms with Crippen molar-refractivity contribution in [3.05, 3.63) is 33.9 Å². The second-order valence-corrected chi connectivity index (χ2v) is 6.54. The molecule has 1 aliphatic rings. The van der Waals surface area contributed by atoms with E-state index in [0.717, 1.165) is 6.07 Å². The van der Waals surface area contributed by atoms with Gasteiger partial charge >= 0.3 is 5.97 Å². The highest BCUT2D eigenvalue weighted by molar-refractivity contribution is 5.97. The summed E-state index contributed by atoms with van der Waals surface area (Å²) in [6.07, 6.45) is -0.200. The zero-order valence-corrected chi connectivity index (χ0v) is 16.2. The van der Waals surface area contributed by atoms with Crippen LogP contribution in [-0.4, -0.2) is 73.9 Å². The lowest BCUT2D eigenvalue weighted by Crippen LogP contribution is -2.49. The predicted molar refractivity (Wildman–Crippen MR) is 100 cm³/mol. The van der Waals surface area contributed by atoms with Crippen LogP contribution in [0, 0.1) is 10.1 Å². The zero-order valence-electron chi connectivity index (χ0n) is 16.2. The summed E-state index contributed by atoms with van der Waals surface area (Å²) in [5.74, 6) is -1.15. The highest BCUT2D eigenvalue weighted by Crippen LogP contribution is 2.23. The number of methoxy groups -OCH3 is 1. The number of nitrogens with zero attached hydrogens (tertiary/aromatic N) is 2. The molecule has 10 heteroatoms. The minimum Gasteiger partial charge on any atom is -0.452 e. The van der Waals surface area contributed by atoms with Crippen molar-refractivity contribution in [1.29, 1.82) is 0 Å². The van der Waals surface area contributed by atoms with Crippen LogP contribution in [0.2, 0.25) is 0 Å². The van der Waals surface area contributed by atoms with Crippen molar-refractivity contribution < 1.29 is 28.7 Å². The third-order valence-electron chi connectivity index (χ3n) is 4.15. The summed E-state index contributed by atoms with van der Waals surface area (Å²) in [5.41, 5.74) is 0.113. The summed E-state index contributed by atoms with van der Waals surface area (Å²) in [4.78, 5) is 36.8. The standard InChI is InChI=1S/C18H25N3O7/c1-12-9-20(10-13(2)28-12)17(22)11-27-18(23)15-8-14(21(24)25)4-5-16(15)19-6-7-26-3/h4-5,8,12-13,19H,6-7,9-11H2,1-3H3/t12-,13-/m0/s1. The van der Waals surface area contributed by atoms with E-state index >= 15 is 0 Å². The first-order valence-electron chi connectivity index (χ1n) is 8.93. The van der Waals surface area contributed by atoms with Crippen LogP contribution in [0.25, 0.3) is 0 Å². The van der Waals surface area contributed by atoms with Gasteiger partial charge in [0.2, 0.25) is 0 Å². The number of amides is 1. The number of nitro groups is 1. The summed E-state index contributed by atoms with van der Waals surface area (Å²) in [5, 5.41) is 14.0. The first-order valence-corrected chi connectivity index (χ1v) is 8.93. The number of non-ortho nitro benzene ring substituents is 1. The highest BCUT2D eigenvalue weighted by Gasteiger charge is 2.27. The minimum absolute atomic E-state index is 0.0122. The van der Waals surface area contributed by atoms with Crippen molar-refractivity contribution in [3.8, 4) is 0 Å². The Labute approximate surface area is 162 Å². The van der Waals surface area contributed by atoms with E-state index in [-0.39, 0.29) is 29.4 Å². The van der Waals surface area contributed by atoms with E-state index in [0.29, 0.717) is 31.9 Å². The summed E-state index contributed by atoms with van der Waals surface area (Å²) >= 11 is 0. The molecule has 0 unspecified atom stereocenters. The Kier molecular flexibility index (Phi) is 7.70. The Hall–Kier alpha value is -2.72. The number of rotatable bonds is 8. The van der Waals surface area contributed by atoms with E-state index in [1.165, 1.54) is 19.2 Å². The van der Waals surface area contributed by atoms with Crippen LogP contribution >= 0.6 is 0 Å². The van der Waals surface area contributed by atoms with Crippen LogP contribution in [0.15, 0.2) is 18.2 Å². The number of esters is 1. The normalized spacial score (nSPS) is 19.2. The third kappa shape index (κ3) is 5.89. The Morgan fingerprint density at radius 2 is 2.00 bits per heavy atom. The van der Waals surface area contributed by atoms with Crippen molar-refractivity contribution in [2.24, 2.45) is 0 Å². The van der Waals surface area contributed by atoms with Crippen LogP contribution in [-0.2, 0) is 19.0 Å². The molecule has 0 bridgehead atoms. The van der Waals surface area contributed by atoms with Gasteiger partial charge in [-0.05, 0) is 19.9 Å². The maximum Gasteiger partial charge on any atom is 0.341 e. The average molecular weight is 395 g/mol. The average Bonchev–Trinajstić information content (AvgIpc) is 2.65. The van der Waals surface area contributed by atoms with E-state index in [9.17, 15) is 19.7 Å². The number of morpholine rings is 1. The Bertz CT molecular complexity index is 715. The molecule has 1 heterocycles. The van der Waals surface area contributed by atoms with Gasteiger partial charge < -0.3 is 24.4 Å². The Balaban J connectivity index is 2.05. The summed E-state index contributed by atoms with van der Waals surface area (Å²) < 4.78 is 15.6. The van der Waals surface area contributed by atoms with Crippen molar-refractivity contribution in [1.82, 2.24) is 4.90 Å². The number of anilines is 1. The minimum atomic E-state index is -0.814. The van der Waals surface area contributed by atoms with Gasteiger partial charge in [-0.15, -0.1) is 0 Å². The van der Waals surface area contributed by atoms with Crippen molar-refractivity contribution in [2.45, 2.75) is 26.1 Å². The molecular formula is C18H25N3O7. The van der Waals surface area contributed by atoms with E-state index < -0.39 is 17.5 Å². The van der Waals surface area contributed by atoms with Gasteiger partial charge in [-0.25, -0.2) is 4.79 Å². The smallest absolute Gasteiger partial charge is 0.341 e. The lowest BCUT2D eigenvalue weighted by Gasteiger charge is -2.35. The van der Waals surface area contributed by atoms with Gasteiger partial charge in [-0.3, -0.25) is 14.9 Å². The van der Waals surface area contributed by atoms with Crippen LogP contribution in [0.1, 0.15) is 24.2 Å². The molecule has 1 aromatic carbocycles. The molecule has 154 valence electrons. The topological polar surface area (TPSA) is 120 Å². The SMILES string of the molecule is COCCNc1ccc([N+](=O)[O-])cc1C(=O)OCC(=O)N1C[C@H](C)O[C@@H](C)C1. The van der Waals surface area contributed by atoms with Crippen LogP contribution < -0.4 is 5.32 Å². The summed E-state index contributed by atoms with van der Waals surface area (Å²) in [6, 6.07) is 3.84. The number of ether oxygens (including phenoxy) is 3. The molecule has 2 rings (SSSR count). The molecule has 1 saturated heterocycles. The fourth-order valence-corrected chi connectivity index (χ4v) is 2.93. The zero-order chi connectivity index (χ0) is 20.7. The number of nitro benzene ring substituents is 1. The Morgan fingerprint density at radius 1 is 1.32 bits per heavy atom. The fourth-order valence-electron chi connectivity index (χ4n) is 2.93. The third-order valence-corrected chi connectivity index (χ3v) is 4.15. The van der Waals surface area contributed by atoms with Crippen molar-refractivity contribution >= 4 is 23.3 Å². The van der Waals surface area contributed by atoms with Gasteiger partial charge in [0, 0.05) is 44.6 Å². The molecule has 0 saturated carbocycles. The largest absolute Gasteiger partial charge is 0.452 e. The molecule has 10 nitrogen and oxygen atoms in total. The molecule has 28 heavy (non-hydrogen) atoms. The molecule has 1 fully saturated rings. The second-order valence-electron chi connectivity index (χ2n) is 6.54. The van der Waals surface area contributed by atoms with Gasteiger partial charge in [0.05, 0.1) is 29.3 Å². The molecule has 1 amide bonds. The summed E-state index contributed by atoms with van der Waals surface area (Å²) in [6.45, 7) is 4.90. The van der Waals surface area contributed by atoms with Crippen LogP contribution in [0.5, 0.6) is 0 Å². The number of nitrogens with one attached hydrogen (secondary N) is 1. The number of hydrogen-bond donors (Lipinski definition) is 1. The lowest BCUT2D eigenvalue weighted by atomic mass is 10.1. The second kappa shape index (κ2) is 10.00. The number of carbonyl (C=O) groups is 2. The number of benzene rings is 1. The van der Waals surface area contributed by atoms with E-state index in [1.54, 1.807) is 4.90 Å². The predicted octanol–water partition coefficient (Wildman–Crippen LogP) is 1.45. The summed E-state index contributed by atoms with van der Waals surface area (Å²) in [7, 11) is 1.53. The lowest BCUT2D eigenvalue weighted by molar-refractivity contribution is -0.384. The van der Waals surface area contributed by atoms with E-state index in [1.807, 2.05) is 13.8 Å². The quantitative estimate of drug-likeness (QED) is 0.304. The first-order chi connectivity index (χ1) is 13.3. The maximum absolute atomic E-state index is 12.5. The highest BCUT2D eigenvalue weighted by atomic mass is 16.6. The van der Waals surface area contributed by atoms with Crippen LogP contribution in [0.4, 0.5) is 11.4 Å². The Morgan fingerprint density at radius 3 is 2.61 bits per heavy atom. The molecular weight excluding hydrogens is 370 g/mol. The molecule has 0 aliphatic carbocycles. The van der Waals surface area contributed by atoms with Gasteiger partial charge in [-0.1, -0.05) is 0 Å². The van der Waals surface area contributed by atoms with Gasteiger partial charge in [0.1, 0.15) is 0 Å². The molecule has 0 radical (unpaired) electrons. The molecule has 1 aromatic rings. The fraction of sp³-hybridized carbons (Fsp3) is 0.556. The van der Waals surface area contributed by atoms with E-state index in [2.05, 4.69) is 5.32 Å². The number of hydrogen-bond acceptors (Lipinski definition) is 8. The number of carbonyl (C=O) groups excluding carboxylic acids is 2. The van der Waals surface area contributed by atoms with Crippen LogP contribution in [0.3, 0.4) is 0 Å². The van der Waals surface area contributed by atoms with Gasteiger partial charge in [0.25, 0.3) is 11.6 Å². The monoisotopic (exact) mass is 395 g/mol. The maximum atomic E-state index is 12.5. The van der Waals surface area contributed by atoms with Crippen molar-refractivity contribution in [3.63, 3.8) is 0 Å². The first kappa shape index (κ1) is 21.6. The van der Waals surface area contributed by atoms with E-state index in [4.69, 9.17) is 14.2 Å². The van der Waals surface area contributed by atoms with Crippen molar-refractivity contribution in [2.75, 3.05) is 45.3 Å². The van der Waals surface area contributed by atoms with Gasteiger partial charge in [-0.2, -0.15) is 0 Å². The molecule has 2 atom stereocenters. The molecule has 1 aliphatic heterocycles. The van der Waals surface area contributed by atoms with Gasteiger partial charge in [0.15, 0.2) is 6.61 Å². The molecule has 1 N–H and O–H groups in total. The molecule has 0 spiro atoms.